The van der Waals surface area contributed by atoms with Crippen molar-refractivity contribution < 1.29 is 52.8 Å². The zero-order valence-corrected chi connectivity index (χ0v) is 37.9. The van der Waals surface area contributed by atoms with Crippen LogP contribution in [-0.2, 0) is 82.3 Å². The van der Waals surface area contributed by atoms with Crippen LogP contribution in [-0.4, -0.2) is 91.8 Å². The maximum Gasteiger partial charge on any atom is 0.184 e. The second-order valence-electron chi connectivity index (χ2n) is 17.0. The fraction of sp³-hybridized carbons (Fsp3) is 0.357. The lowest BCUT2D eigenvalue weighted by Crippen LogP contribution is -2.68. The van der Waals surface area contributed by atoms with Gasteiger partial charge in [0.2, 0.25) is 0 Å². The number of rotatable bonds is 23. The summed E-state index contributed by atoms with van der Waals surface area (Å²) in [5, 5.41) is 24.4. The molecule has 0 spiro atoms. The average molecular weight is 911 g/mol. The van der Waals surface area contributed by atoms with Crippen molar-refractivity contribution in [2.24, 2.45) is 5.92 Å². The van der Waals surface area contributed by atoms with Gasteiger partial charge in [-0.2, -0.15) is 0 Å². The number of aliphatic hydroxyl groups is 2. The third-order valence-corrected chi connectivity index (χ3v) is 12.3. The lowest BCUT2D eigenvalue weighted by molar-refractivity contribution is -0.333. The molecular weight excluding hydrogens is 849 g/mol. The van der Waals surface area contributed by atoms with Crippen LogP contribution in [0.15, 0.2) is 182 Å². The van der Waals surface area contributed by atoms with Crippen molar-refractivity contribution in [1.29, 1.82) is 0 Å². The summed E-state index contributed by atoms with van der Waals surface area (Å²) < 4.78 is 60.6. The summed E-state index contributed by atoms with van der Waals surface area (Å²) in [7, 11) is 1.53. The molecule has 8 rings (SSSR count). The maximum atomic E-state index is 13.5. The number of hydrogen-bond donors (Lipinski definition) is 2. The van der Waals surface area contributed by atoms with Gasteiger partial charge >= 0.3 is 0 Å². The first kappa shape index (κ1) is 48.3. The van der Waals surface area contributed by atoms with Gasteiger partial charge in [-0.15, -0.1) is 0 Å². The van der Waals surface area contributed by atoms with E-state index in [9.17, 15) is 10.2 Å². The van der Waals surface area contributed by atoms with Gasteiger partial charge in [-0.25, -0.2) is 0 Å². The molecule has 352 valence electrons. The number of aliphatic hydroxyl groups excluding tert-OH is 2. The molecule has 0 amide bonds. The number of hydrogen-bond acceptors (Lipinski definition) is 11. The normalized spacial score (nSPS) is 25.7. The maximum absolute atomic E-state index is 13.5. The van der Waals surface area contributed by atoms with Crippen molar-refractivity contribution in [2.45, 2.75) is 101 Å². The van der Waals surface area contributed by atoms with E-state index < -0.39 is 73.8 Å². The van der Waals surface area contributed by atoms with Crippen LogP contribution in [0.2, 0.25) is 0 Å². The van der Waals surface area contributed by atoms with E-state index in [0.29, 0.717) is 6.61 Å². The molecule has 6 aromatic rings. The summed E-state index contributed by atoms with van der Waals surface area (Å²) in [4.78, 5) is 0. The molecule has 2 aliphatic heterocycles. The Hall–Kier alpha value is -5.12. The van der Waals surface area contributed by atoms with Crippen LogP contribution < -0.4 is 0 Å². The van der Waals surface area contributed by atoms with Gasteiger partial charge in [0.1, 0.15) is 42.7 Å². The van der Waals surface area contributed by atoms with Crippen LogP contribution in [0.5, 0.6) is 0 Å². The molecule has 67 heavy (non-hydrogen) atoms. The molecule has 2 N–H and O–H groups in total. The van der Waals surface area contributed by atoms with E-state index in [0.717, 1.165) is 33.4 Å². The van der Waals surface area contributed by atoms with Crippen LogP contribution in [0.25, 0.3) is 0 Å². The molecule has 6 aromatic carbocycles. The molecule has 2 saturated heterocycles. The van der Waals surface area contributed by atoms with E-state index in [-0.39, 0.29) is 39.6 Å². The minimum absolute atomic E-state index is 0.101. The molecule has 2 aliphatic rings. The first-order valence-corrected chi connectivity index (χ1v) is 23.1. The summed E-state index contributed by atoms with van der Waals surface area (Å²) in [6, 6.07) is 59.2. The van der Waals surface area contributed by atoms with Gasteiger partial charge in [0, 0.05) is 13.0 Å². The SMILES string of the molecule is CO[C@H]1O[C@H](CO)[C@@H](OCc2ccccc2)[C@H](C(O)[C@H]2O[C@H](COCc3ccccc3)[C@@H](OCc3ccccc3)[C@H](OCc3ccccc3)[C@@H]2OCc2ccccc2)[C@@H]1OCc1ccccc1. The average Bonchev–Trinajstić information content (AvgIpc) is 3.39. The molecule has 2 fully saturated rings. The zero-order chi connectivity index (χ0) is 46.0. The van der Waals surface area contributed by atoms with Crippen molar-refractivity contribution in [3.63, 3.8) is 0 Å². The van der Waals surface area contributed by atoms with Gasteiger partial charge in [0.25, 0.3) is 0 Å². The smallest absolute Gasteiger partial charge is 0.184 e. The minimum atomic E-state index is -1.38. The predicted molar refractivity (Wildman–Crippen MR) is 252 cm³/mol. The number of ether oxygens (including phenoxy) is 9. The summed E-state index contributed by atoms with van der Waals surface area (Å²) in [6.45, 7) is 1.02. The van der Waals surface area contributed by atoms with Crippen molar-refractivity contribution in [1.82, 2.24) is 0 Å². The first-order chi connectivity index (χ1) is 33.1. The van der Waals surface area contributed by atoms with E-state index in [2.05, 4.69) is 0 Å². The van der Waals surface area contributed by atoms with E-state index in [4.69, 9.17) is 42.6 Å². The van der Waals surface area contributed by atoms with E-state index in [1.165, 1.54) is 7.11 Å². The Bertz CT molecular complexity index is 2200. The van der Waals surface area contributed by atoms with E-state index in [1.54, 1.807) is 0 Å². The highest BCUT2D eigenvalue weighted by molar-refractivity contribution is 5.19. The largest absolute Gasteiger partial charge is 0.394 e. The van der Waals surface area contributed by atoms with Gasteiger partial charge in [0.15, 0.2) is 6.29 Å². The molecule has 0 aliphatic carbocycles. The topological polar surface area (TPSA) is 124 Å². The van der Waals surface area contributed by atoms with Gasteiger partial charge < -0.3 is 52.8 Å². The quantitative estimate of drug-likeness (QED) is 0.0647. The highest BCUT2D eigenvalue weighted by Crippen LogP contribution is 2.40. The van der Waals surface area contributed by atoms with Crippen LogP contribution in [0.1, 0.15) is 33.4 Å². The molecule has 0 radical (unpaired) electrons. The molecular formula is C56H62O11. The van der Waals surface area contributed by atoms with Crippen LogP contribution in [0.4, 0.5) is 0 Å². The predicted octanol–water partition coefficient (Wildman–Crippen LogP) is 8.24. The number of benzene rings is 6. The van der Waals surface area contributed by atoms with Crippen molar-refractivity contribution in [3.8, 4) is 0 Å². The fourth-order valence-electron chi connectivity index (χ4n) is 8.93. The zero-order valence-electron chi connectivity index (χ0n) is 37.9. The summed E-state index contributed by atoms with van der Waals surface area (Å²) in [6.07, 6.45) is -9.41. The van der Waals surface area contributed by atoms with Crippen molar-refractivity contribution >= 4 is 0 Å². The van der Waals surface area contributed by atoms with Crippen molar-refractivity contribution in [2.75, 3.05) is 20.3 Å². The Kier molecular flexibility index (Phi) is 18.3. The Morgan fingerprint density at radius 3 is 1.18 bits per heavy atom. The molecule has 0 aromatic heterocycles. The molecule has 0 bridgehead atoms. The van der Waals surface area contributed by atoms with Crippen LogP contribution >= 0.6 is 0 Å². The highest BCUT2D eigenvalue weighted by Gasteiger charge is 2.57. The molecule has 11 nitrogen and oxygen atoms in total. The standard InChI is InChI=1S/C56H62O11/c1-59-56-52(63-36-43-26-14-5-15-27-43)48(50(46(32-57)67-56)61-34-41-22-10-3-11-23-41)49(58)53-55(65-38-45-30-18-7-19-31-45)54(64-37-44-28-16-6-17-29-44)51(62-35-42-24-12-4-13-25-42)47(66-53)39-60-33-40-20-8-2-9-21-40/h2-31,46-58H,32-39H2,1H3/t46-,47-,48+,49?,50-,51-,52+,53-,54+,55-,56+/m1/s1. The third kappa shape index (κ3) is 13.3. The van der Waals surface area contributed by atoms with Crippen molar-refractivity contribution in [3.05, 3.63) is 215 Å². The monoisotopic (exact) mass is 910 g/mol. The summed E-state index contributed by atoms with van der Waals surface area (Å²) >= 11 is 0. The first-order valence-electron chi connectivity index (χ1n) is 23.1. The van der Waals surface area contributed by atoms with Gasteiger partial charge in [-0.3, -0.25) is 0 Å². The molecule has 2 heterocycles. The second kappa shape index (κ2) is 25.3. The van der Waals surface area contributed by atoms with Crippen LogP contribution in [0, 0.1) is 5.92 Å². The van der Waals surface area contributed by atoms with Gasteiger partial charge in [-0.1, -0.05) is 182 Å². The third-order valence-electron chi connectivity index (χ3n) is 12.3. The molecule has 1 unspecified atom stereocenters. The lowest BCUT2D eigenvalue weighted by atomic mass is 9.78. The van der Waals surface area contributed by atoms with Gasteiger partial charge in [0.05, 0.1) is 65.1 Å². The van der Waals surface area contributed by atoms with E-state index >= 15 is 0 Å². The molecule has 11 heteroatoms. The number of methoxy groups -OCH3 is 1. The second-order valence-corrected chi connectivity index (χ2v) is 17.0. The summed E-state index contributed by atoms with van der Waals surface area (Å²) in [5.74, 6) is -0.904. The Labute approximate surface area is 394 Å². The fourth-order valence-corrected chi connectivity index (χ4v) is 8.93. The highest BCUT2D eigenvalue weighted by atomic mass is 16.7. The lowest BCUT2D eigenvalue weighted by Gasteiger charge is -2.52. The van der Waals surface area contributed by atoms with E-state index in [1.807, 2.05) is 182 Å². The summed E-state index contributed by atoms with van der Waals surface area (Å²) in [5.41, 5.74) is 5.66. The van der Waals surface area contributed by atoms with Crippen LogP contribution in [0.3, 0.4) is 0 Å². The van der Waals surface area contributed by atoms with Gasteiger partial charge in [-0.05, 0) is 33.4 Å². The molecule has 0 saturated carbocycles. The molecule has 11 atom stereocenters. The Balaban J connectivity index is 1.21. The Morgan fingerprint density at radius 2 is 0.776 bits per heavy atom. The minimum Gasteiger partial charge on any atom is -0.394 e. The Morgan fingerprint density at radius 1 is 0.418 bits per heavy atom.